The summed E-state index contributed by atoms with van der Waals surface area (Å²) in [5.74, 6) is -0.214. The number of aromatic hydroxyl groups is 1. The number of hydrogen-bond acceptors (Lipinski definition) is 1. The number of alkyl halides is 1. The van der Waals surface area contributed by atoms with Crippen LogP contribution >= 0.6 is 11.6 Å². The number of benzene rings is 1. The Balaban J connectivity index is 3.09. The van der Waals surface area contributed by atoms with Crippen LogP contribution < -0.4 is 0 Å². The summed E-state index contributed by atoms with van der Waals surface area (Å²) in [5.41, 5.74) is 0.418. The van der Waals surface area contributed by atoms with E-state index < -0.39 is 0 Å². The number of halogens is 2. The third-order valence-corrected chi connectivity index (χ3v) is 1.47. The molecule has 1 aromatic carbocycles. The van der Waals surface area contributed by atoms with E-state index in [1.165, 1.54) is 18.2 Å². The molecule has 1 rings (SSSR count). The summed E-state index contributed by atoms with van der Waals surface area (Å²) in [6.45, 7) is 0. The molecule has 0 aliphatic rings. The van der Waals surface area contributed by atoms with Gasteiger partial charge in [-0.15, -0.1) is 11.6 Å². The van der Waals surface area contributed by atoms with Crippen molar-refractivity contribution in [2.75, 3.05) is 0 Å². The Kier molecular flexibility index (Phi) is 2.12. The molecule has 0 unspecified atom stereocenters. The van der Waals surface area contributed by atoms with Crippen molar-refractivity contribution >= 4 is 11.6 Å². The molecule has 1 nitrogen and oxygen atoms in total. The minimum Gasteiger partial charge on any atom is -0.508 e. The molecule has 0 atom stereocenters. The van der Waals surface area contributed by atoms with Crippen LogP contribution in [0.3, 0.4) is 0 Å². The molecule has 0 aliphatic carbocycles. The van der Waals surface area contributed by atoms with Gasteiger partial charge in [-0.05, 0) is 18.2 Å². The molecule has 10 heavy (non-hydrogen) atoms. The number of hydrogen-bond donors (Lipinski definition) is 1. The highest BCUT2D eigenvalue weighted by Crippen LogP contribution is 2.18. The van der Waals surface area contributed by atoms with Gasteiger partial charge in [-0.25, -0.2) is 4.39 Å². The molecular formula is C7H6ClFO. The second kappa shape index (κ2) is 2.88. The van der Waals surface area contributed by atoms with Crippen molar-refractivity contribution in [3.63, 3.8) is 0 Å². The van der Waals surface area contributed by atoms with Crippen LogP contribution in [0.2, 0.25) is 0 Å². The summed E-state index contributed by atoms with van der Waals surface area (Å²) in [6.07, 6.45) is 0. The molecule has 3 heteroatoms. The standard InChI is InChI=1S/C7H6ClFO/c8-4-5-3-6(9)1-2-7(5)10/h1-3,10H,4H2. The van der Waals surface area contributed by atoms with Crippen molar-refractivity contribution in [3.05, 3.63) is 29.6 Å². The largest absolute Gasteiger partial charge is 0.508 e. The first kappa shape index (κ1) is 7.35. The monoisotopic (exact) mass is 160 g/mol. The van der Waals surface area contributed by atoms with Gasteiger partial charge < -0.3 is 5.11 Å². The van der Waals surface area contributed by atoms with E-state index >= 15 is 0 Å². The van der Waals surface area contributed by atoms with Crippen LogP contribution in [0.1, 0.15) is 5.56 Å². The molecule has 0 amide bonds. The molecule has 0 spiro atoms. The normalized spacial score (nSPS) is 9.80. The van der Waals surface area contributed by atoms with E-state index in [1.807, 2.05) is 0 Å². The summed E-state index contributed by atoms with van der Waals surface area (Å²) in [5, 5.41) is 8.98. The van der Waals surface area contributed by atoms with Crippen LogP contribution in [0.25, 0.3) is 0 Å². The zero-order valence-electron chi connectivity index (χ0n) is 5.14. The van der Waals surface area contributed by atoms with E-state index in [1.54, 1.807) is 0 Å². The maximum absolute atomic E-state index is 12.4. The third-order valence-electron chi connectivity index (χ3n) is 1.19. The highest BCUT2D eigenvalue weighted by Gasteiger charge is 1.99. The summed E-state index contributed by atoms with van der Waals surface area (Å²) in [4.78, 5) is 0. The lowest BCUT2D eigenvalue weighted by atomic mass is 10.2. The first-order valence-electron chi connectivity index (χ1n) is 2.77. The minimum atomic E-state index is -0.381. The number of phenols is 1. The van der Waals surface area contributed by atoms with Gasteiger partial charge in [0.25, 0.3) is 0 Å². The molecule has 0 saturated heterocycles. The van der Waals surface area contributed by atoms with Crippen molar-refractivity contribution in [1.29, 1.82) is 0 Å². The fourth-order valence-corrected chi connectivity index (χ4v) is 0.875. The second-order valence-corrected chi connectivity index (χ2v) is 2.17. The first-order chi connectivity index (χ1) is 4.74. The Morgan fingerprint density at radius 2 is 2.20 bits per heavy atom. The Bertz CT molecular complexity index is 237. The zero-order chi connectivity index (χ0) is 7.56. The first-order valence-corrected chi connectivity index (χ1v) is 3.31. The molecule has 54 valence electrons. The maximum Gasteiger partial charge on any atom is 0.123 e. The highest BCUT2D eigenvalue weighted by molar-refractivity contribution is 6.17. The van der Waals surface area contributed by atoms with Crippen LogP contribution in [0.5, 0.6) is 5.75 Å². The molecule has 0 aliphatic heterocycles. The Labute approximate surface area is 63.1 Å². The molecule has 0 heterocycles. The lowest BCUT2D eigenvalue weighted by molar-refractivity contribution is 0.468. The van der Waals surface area contributed by atoms with Crippen LogP contribution in [0, 0.1) is 5.82 Å². The van der Waals surface area contributed by atoms with Crippen molar-refractivity contribution in [2.45, 2.75) is 5.88 Å². The molecule has 1 aromatic rings. The van der Waals surface area contributed by atoms with Gasteiger partial charge >= 0.3 is 0 Å². The van der Waals surface area contributed by atoms with Gasteiger partial charge in [-0.1, -0.05) is 0 Å². The average molecular weight is 161 g/mol. The Hall–Kier alpha value is -0.760. The fourth-order valence-electron chi connectivity index (χ4n) is 0.661. The topological polar surface area (TPSA) is 20.2 Å². The van der Waals surface area contributed by atoms with Gasteiger partial charge in [-0.2, -0.15) is 0 Å². The molecule has 0 saturated carbocycles. The lowest BCUT2D eigenvalue weighted by Gasteiger charge is -1.97. The lowest BCUT2D eigenvalue weighted by Crippen LogP contribution is -1.80. The van der Waals surface area contributed by atoms with E-state index in [-0.39, 0.29) is 17.4 Å². The number of phenolic OH excluding ortho intramolecular Hbond substituents is 1. The van der Waals surface area contributed by atoms with Crippen LogP contribution in [-0.2, 0) is 5.88 Å². The molecule has 1 N–H and O–H groups in total. The molecule has 0 bridgehead atoms. The van der Waals surface area contributed by atoms with Crippen molar-refractivity contribution in [3.8, 4) is 5.75 Å². The van der Waals surface area contributed by atoms with E-state index in [0.29, 0.717) is 5.56 Å². The van der Waals surface area contributed by atoms with Gasteiger partial charge in [0.2, 0.25) is 0 Å². The average Bonchev–Trinajstić information content (AvgIpc) is 1.94. The van der Waals surface area contributed by atoms with E-state index in [0.717, 1.165) is 0 Å². The predicted octanol–water partition coefficient (Wildman–Crippen LogP) is 2.27. The molecular weight excluding hydrogens is 155 g/mol. The predicted molar refractivity (Wildman–Crippen MR) is 37.6 cm³/mol. The number of rotatable bonds is 1. The zero-order valence-corrected chi connectivity index (χ0v) is 5.90. The highest BCUT2D eigenvalue weighted by atomic mass is 35.5. The van der Waals surface area contributed by atoms with Gasteiger partial charge in [0.1, 0.15) is 11.6 Å². The summed E-state index contributed by atoms with van der Waals surface area (Å²) >= 11 is 5.38. The van der Waals surface area contributed by atoms with Crippen LogP contribution in [-0.4, -0.2) is 5.11 Å². The van der Waals surface area contributed by atoms with Crippen molar-refractivity contribution in [2.24, 2.45) is 0 Å². The quantitative estimate of drug-likeness (QED) is 0.625. The SMILES string of the molecule is Oc1ccc(F)cc1CCl. The van der Waals surface area contributed by atoms with Gasteiger partial charge in [-0.3, -0.25) is 0 Å². The second-order valence-electron chi connectivity index (χ2n) is 1.91. The minimum absolute atomic E-state index is 0.0383. The van der Waals surface area contributed by atoms with E-state index in [4.69, 9.17) is 16.7 Å². The van der Waals surface area contributed by atoms with Crippen molar-refractivity contribution < 1.29 is 9.50 Å². The summed E-state index contributed by atoms with van der Waals surface area (Å²) in [7, 11) is 0. The maximum atomic E-state index is 12.4. The summed E-state index contributed by atoms with van der Waals surface area (Å²) < 4.78 is 12.4. The van der Waals surface area contributed by atoms with E-state index in [9.17, 15) is 4.39 Å². The smallest absolute Gasteiger partial charge is 0.123 e. The molecule has 0 radical (unpaired) electrons. The van der Waals surface area contributed by atoms with Gasteiger partial charge in [0, 0.05) is 5.56 Å². The van der Waals surface area contributed by atoms with Crippen molar-refractivity contribution in [1.82, 2.24) is 0 Å². The fraction of sp³-hybridized carbons (Fsp3) is 0.143. The Morgan fingerprint density at radius 3 is 2.70 bits per heavy atom. The van der Waals surface area contributed by atoms with Crippen LogP contribution in [0.15, 0.2) is 18.2 Å². The van der Waals surface area contributed by atoms with Gasteiger partial charge in [0.05, 0.1) is 5.88 Å². The third kappa shape index (κ3) is 1.39. The summed E-state index contributed by atoms with van der Waals surface area (Å²) in [6, 6.07) is 3.68. The van der Waals surface area contributed by atoms with Gasteiger partial charge in [0.15, 0.2) is 0 Å². The van der Waals surface area contributed by atoms with Crippen LogP contribution in [0.4, 0.5) is 4.39 Å². The van der Waals surface area contributed by atoms with E-state index in [2.05, 4.69) is 0 Å². The molecule has 0 fully saturated rings. The Morgan fingerprint density at radius 1 is 1.50 bits per heavy atom. The molecule has 0 aromatic heterocycles.